The molecule has 8 nitrogen and oxygen atoms in total. The molecule has 2 N–H and O–H groups in total. The zero-order chi connectivity index (χ0) is 15.8. The molecule has 0 radical (unpaired) electrons. The first-order valence-electron chi connectivity index (χ1n) is 8.18. The molecule has 0 aromatic carbocycles. The van der Waals surface area contributed by atoms with Crippen LogP contribution in [-0.2, 0) is 13.0 Å². The van der Waals surface area contributed by atoms with Gasteiger partial charge in [0.05, 0.1) is 24.8 Å². The topological polar surface area (TPSA) is 89.7 Å². The van der Waals surface area contributed by atoms with Crippen molar-refractivity contribution in [3.8, 4) is 0 Å². The number of carbonyl (C=O) groups is 1. The van der Waals surface area contributed by atoms with Crippen LogP contribution in [0.3, 0.4) is 0 Å². The van der Waals surface area contributed by atoms with Gasteiger partial charge in [0.25, 0.3) is 0 Å². The molecule has 0 bridgehead atoms. The summed E-state index contributed by atoms with van der Waals surface area (Å²) in [4.78, 5) is 16.5. The van der Waals surface area contributed by atoms with E-state index in [1.165, 1.54) is 12.8 Å². The fourth-order valence-electron chi connectivity index (χ4n) is 3.21. The Bertz CT molecular complexity index is 702. The second kappa shape index (κ2) is 5.68. The molecule has 0 saturated heterocycles. The van der Waals surface area contributed by atoms with E-state index >= 15 is 0 Å². The molecular weight excluding hydrogens is 294 g/mol. The average Bonchev–Trinajstić information content (AvgIpc) is 3.11. The standard InChI is InChI=1S/C15H21N7O/c1-10(11-2-3-11)22-14(6-7-17-22)20-15(23)19-12-4-5-13-16-9-18-21(13)8-12/h6-7,9-12H,2-5,8H2,1H3,(H2,19,20,23)/t10-,12+/m0/s1. The normalized spacial score (nSPS) is 21.5. The summed E-state index contributed by atoms with van der Waals surface area (Å²) in [6.07, 6.45) is 7.50. The molecule has 2 aromatic heterocycles. The van der Waals surface area contributed by atoms with Gasteiger partial charge in [0.1, 0.15) is 18.0 Å². The van der Waals surface area contributed by atoms with Crippen molar-refractivity contribution in [1.29, 1.82) is 0 Å². The van der Waals surface area contributed by atoms with E-state index in [2.05, 4.69) is 32.7 Å². The van der Waals surface area contributed by atoms with Crippen molar-refractivity contribution in [3.63, 3.8) is 0 Å². The second-order valence-corrected chi connectivity index (χ2v) is 6.43. The number of hydrogen-bond donors (Lipinski definition) is 2. The molecule has 1 saturated carbocycles. The third-order valence-corrected chi connectivity index (χ3v) is 4.74. The Kier molecular flexibility index (Phi) is 3.51. The fraction of sp³-hybridized carbons (Fsp3) is 0.600. The minimum atomic E-state index is -0.191. The Balaban J connectivity index is 1.36. The van der Waals surface area contributed by atoms with Crippen molar-refractivity contribution in [2.45, 2.75) is 51.2 Å². The lowest BCUT2D eigenvalue weighted by Crippen LogP contribution is -2.43. The van der Waals surface area contributed by atoms with Gasteiger partial charge in [0.15, 0.2) is 0 Å². The smallest absolute Gasteiger partial charge is 0.320 e. The van der Waals surface area contributed by atoms with Crippen LogP contribution in [0, 0.1) is 5.92 Å². The molecule has 2 aromatic rings. The molecule has 3 heterocycles. The summed E-state index contributed by atoms with van der Waals surface area (Å²) in [7, 11) is 0. The van der Waals surface area contributed by atoms with Crippen molar-refractivity contribution in [2.24, 2.45) is 5.92 Å². The molecule has 8 heteroatoms. The average molecular weight is 315 g/mol. The van der Waals surface area contributed by atoms with Gasteiger partial charge in [-0.05, 0) is 32.1 Å². The number of anilines is 1. The van der Waals surface area contributed by atoms with Crippen LogP contribution in [0.4, 0.5) is 10.6 Å². The summed E-state index contributed by atoms with van der Waals surface area (Å²) in [5.74, 6) is 2.42. The lowest BCUT2D eigenvalue weighted by molar-refractivity contribution is 0.243. The molecule has 4 rings (SSSR count). The highest BCUT2D eigenvalue weighted by Gasteiger charge is 2.31. The van der Waals surface area contributed by atoms with E-state index in [0.29, 0.717) is 18.5 Å². The van der Waals surface area contributed by atoms with E-state index in [4.69, 9.17) is 0 Å². The molecule has 1 aliphatic carbocycles. The number of carbonyl (C=O) groups excluding carboxylic acids is 1. The maximum absolute atomic E-state index is 12.3. The molecule has 0 spiro atoms. The lowest BCUT2D eigenvalue weighted by Gasteiger charge is -2.24. The summed E-state index contributed by atoms with van der Waals surface area (Å²) in [5, 5.41) is 14.5. The highest BCUT2D eigenvalue weighted by Crippen LogP contribution is 2.40. The van der Waals surface area contributed by atoms with Crippen molar-refractivity contribution >= 4 is 11.8 Å². The van der Waals surface area contributed by atoms with Crippen molar-refractivity contribution in [3.05, 3.63) is 24.4 Å². The van der Waals surface area contributed by atoms with Crippen molar-refractivity contribution < 1.29 is 4.79 Å². The zero-order valence-corrected chi connectivity index (χ0v) is 13.1. The third-order valence-electron chi connectivity index (χ3n) is 4.74. The highest BCUT2D eigenvalue weighted by molar-refractivity contribution is 5.88. The minimum Gasteiger partial charge on any atom is -0.333 e. The number of nitrogens with zero attached hydrogens (tertiary/aromatic N) is 5. The first-order valence-corrected chi connectivity index (χ1v) is 8.18. The Hall–Kier alpha value is -2.38. The number of aryl methyl sites for hydroxylation is 1. The largest absolute Gasteiger partial charge is 0.333 e. The van der Waals surface area contributed by atoms with Crippen LogP contribution in [-0.4, -0.2) is 36.6 Å². The predicted octanol–water partition coefficient (Wildman–Crippen LogP) is 1.58. The quantitative estimate of drug-likeness (QED) is 0.896. The maximum atomic E-state index is 12.3. The van der Waals surface area contributed by atoms with E-state index in [1.807, 2.05) is 15.4 Å². The first-order chi connectivity index (χ1) is 11.2. The summed E-state index contributed by atoms with van der Waals surface area (Å²) >= 11 is 0. The van der Waals surface area contributed by atoms with E-state index in [1.54, 1.807) is 12.5 Å². The van der Waals surface area contributed by atoms with Gasteiger partial charge >= 0.3 is 6.03 Å². The molecule has 1 aliphatic heterocycles. The number of aromatic nitrogens is 5. The van der Waals surface area contributed by atoms with Gasteiger partial charge in [0.2, 0.25) is 0 Å². The number of fused-ring (bicyclic) bond motifs is 1. The second-order valence-electron chi connectivity index (χ2n) is 6.43. The van der Waals surface area contributed by atoms with Crippen LogP contribution < -0.4 is 10.6 Å². The lowest BCUT2D eigenvalue weighted by atomic mass is 10.1. The van der Waals surface area contributed by atoms with Crippen molar-refractivity contribution in [2.75, 3.05) is 5.32 Å². The van der Waals surface area contributed by atoms with E-state index in [0.717, 1.165) is 24.5 Å². The number of urea groups is 1. The van der Waals surface area contributed by atoms with Gasteiger partial charge in [-0.1, -0.05) is 0 Å². The van der Waals surface area contributed by atoms with E-state index in [9.17, 15) is 4.79 Å². The van der Waals surface area contributed by atoms with Gasteiger partial charge in [-0.15, -0.1) is 0 Å². The molecule has 2 atom stereocenters. The number of hydrogen-bond acceptors (Lipinski definition) is 4. The van der Waals surface area contributed by atoms with Crippen LogP contribution in [0.25, 0.3) is 0 Å². The van der Waals surface area contributed by atoms with Gasteiger partial charge in [-0.25, -0.2) is 19.1 Å². The Morgan fingerprint density at radius 1 is 1.35 bits per heavy atom. The van der Waals surface area contributed by atoms with Crippen LogP contribution in [0.2, 0.25) is 0 Å². The summed E-state index contributed by atoms with van der Waals surface area (Å²) in [6.45, 7) is 2.82. The highest BCUT2D eigenvalue weighted by atomic mass is 16.2. The SMILES string of the molecule is C[C@@H](C1CC1)n1nccc1NC(=O)N[C@@H]1CCc2ncnn2C1. The minimum absolute atomic E-state index is 0.0708. The zero-order valence-electron chi connectivity index (χ0n) is 13.1. The monoisotopic (exact) mass is 315 g/mol. The van der Waals surface area contributed by atoms with Crippen LogP contribution in [0.5, 0.6) is 0 Å². The molecule has 0 unspecified atom stereocenters. The first kappa shape index (κ1) is 14.2. The van der Waals surface area contributed by atoms with E-state index < -0.39 is 0 Å². The Morgan fingerprint density at radius 2 is 2.22 bits per heavy atom. The molecular formula is C15H21N7O. The van der Waals surface area contributed by atoms with E-state index in [-0.39, 0.29) is 12.1 Å². The summed E-state index contributed by atoms with van der Waals surface area (Å²) in [6, 6.07) is 2.05. The van der Waals surface area contributed by atoms with Crippen LogP contribution in [0.1, 0.15) is 38.1 Å². The number of rotatable bonds is 4. The van der Waals surface area contributed by atoms with Gasteiger partial charge in [0, 0.05) is 12.5 Å². The number of amides is 2. The molecule has 1 fully saturated rings. The third kappa shape index (κ3) is 2.93. The Labute approximate surface area is 134 Å². The van der Waals surface area contributed by atoms with Crippen LogP contribution in [0.15, 0.2) is 18.6 Å². The fourth-order valence-corrected chi connectivity index (χ4v) is 3.21. The molecule has 23 heavy (non-hydrogen) atoms. The van der Waals surface area contributed by atoms with Crippen molar-refractivity contribution in [1.82, 2.24) is 29.9 Å². The predicted molar refractivity (Wildman–Crippen MR) is 83.9 cm³/mol. The number of nitrogens with one attached hydrogen (secondary N) is 2. The van der Waals surface area contributed by atoms with Gasteiger partial charge in [-0.2, -0.15) is 10.2 Å². The van der Waals surface area contributed by atoms with Gasteiger partial charge < -0.3 is 5.32 Å². The van der Waals surface area contributed by atoms with Gasteiger partial charge in [-0.3, -0.25) is 5.32 Å². The maximum Gasteiger partial charge on any atom is 0.320 e. The molecule has 2 amide bonds. The molecule has 122 valence electrons. The van der Waals surface area contributed by atoms with Crippen LogP contribution >= 0.6 is 0 Å². The summed E-state index contributed by atoms with van der Waals surface area (Å²) in [5.41, 5.74) is 0. The Morgan fingerprint density at radius 3 is 3.04 bits per heavy atom. The summed E-state index contributed by atoms with van der Waals surface area (Å²) < 4.78 is 3.77. The molecule has 2 aliphatic rings.